The number of carbonyl (C=O) groups is 3. The summed E-state index contributed by atoms with van der Waals surface area (Å²) in [6.07, 6.45) is 4.40. The van der Waals surface area contributed by atoms with Crippen molar-refractivity contribution < 1.29 is 24.2 Å². The molecular formula is C27H21BrN2O5S. The summed E-state index contributed by atoms with van der Waals surface area (Å²) in [7, 11) is 0. The van der Waals surface area contributed by atoms with Crippen LogP contribution in [0, 0.1) is 6.92 Å². The van der Waals surface area contributed by atoms with Crippen LogP contribution in [0.1, 0.15) is 32.5 Å². The van der Waals surface area contributed by atoms with Gasteiger partial charge in [0.05, 0.1) is 17.3 Å². The highest BCUT2D eigenvalue weighted by atomic mass is 79.9. The van der Waals surface area contributed by atoms with E-state index >= 15 is 0 Å². The van der Waals surface area contributed by atoms with Gasteiger partial charge in [-0.3, -0.25) is 14.5 Å². The van der Waals surface area contributed by atoms with Crippen molar-refractivity contribution in [3.05, 3.63) is 111 Å². The van der Waals surface area contributed by atoms with Gasteiger partial charge >= 0.3 is 5.97 Å². The van der Waals surface area contributed by atoms with Crippen LogP contribution >= 0.6 is 27.3 Å². The third-order valence-electron chi connectivity index (χ3n) is 5.40. The van der Waals surface area contributed by atoms with Crippen LogP contribution in [-0.4, -0.2) is 34.4 Å². The van der Waals surface area contributed by atoms with Gasteiger partial charge in [-0.1, -0.05) is 88.5 Å². The van der Waals surface area contributed by atoms with E-state index in [1.165, 1.54) is 17.1 Å². The van der Waals surface area contributed by atoms with Crippen molar-refractivity contribution in [3.63, 3.8) is 0 Å². The van der Waals surface area contributed by atoms with Gasteiger partial charge in [-0.25, -0.2) is 9.78 Å². The van der Waals surface area contributed by atoms with E-state index in [-0.39, 0.29) is 22.2 Å². The Morgan fingerprint density at radius 2 is 1.89 bits per heavy atom. The van der Waals surface area contributed by atoms with E-state index in [2.05, 4.69) is 27.5 Å². The van der Waals surface area contributed by atoms with Crippen LogP contribution in [0.4, 0.5) is 5.13 Å². The van der Waals surface area contributed by atoms with Crippen LogP contribution in [0.5, 0.6) is 0 Å². The predicted octanol–water partition coefficient (Wildman–Crippen LogP) is 5.74. The van der Waals surface area contributed by atoms with Gasteiger partial charge in [-0.05, 0) is 36.3 Å². The summed E-state index contributed by atoms with van der Waals surface area (Å²) >= 11 is 4.35. The molecule has 1 atom stereocenters. The van der Waals surface area contributed by atoms with Crippen LogP contribution in [-0.2, 0) is 14.3 Å². The lowest BCUT2D eigenvalue weighted by Gasteiger charge is -2.24. The highest BCUT2D eigenvalue weighted by molar-refractivity contribution is 9.10. The Morgan fingerprint density at radius 1 is 1.19 bits per heavy atom. The second kappa shape index (κ2) is 10.8. The summed E-state index contributed by atoms with van der Waals surface area (Å²) in [4.78, 5) is 44.9. The number of anilines is 1. The van der Waals surface area contributed by atoms with Crippen molar-refractivity contribution in [2.75, 3.05) is 11.5 Å². The van der Waals surface area contributed by atoms with E-state index < -0.39 is 29.5 Å². The molecule has 0 fully saturated rings. The minimum Gasteiger partial charge on any atom is -0.503 e. The molecule has 36 heavy (non-hydrogen) atoms. The number of ether oxygens (including phenoxy) is 1. The molecule has 4 rings (SSSR count). The summed E-state index contributed by atoms with van der Waals surface area (Å²) in [6, 6.07) is 15.3. The molecule has 0 bridgehead atoms. The normalized spacial score (nSPS) is 15.6. The summed E-state index contributed by atoms with van der Waals surface area (Å²) in [5.74, 6) is -2.55. The number of rotatable bonds is 8. The number of allylic oxidation sites excluding steroid dienone is 1. The zero-order valence-electron chi connectivity index (χ0n) is 19.2. The number of amides is 1. The zero-order valence-corrected chi connectivity index (χ0v) is 21.6. The lowest BCUT2D eigenvalue weighted by atomic mass is 9.96. The Kier molecular flexibility index (Phi) is 7.61. The third-order valence-corrected chi connectivity index (χ3v) is 7.06. The number of aliphatic hydroxyl groups excluding tert-OH is 1. The standard InChI is InChI=1S/C27H21BrN2O5S/c1-3-15-35-26(34)24-16(2)29-27(36-24)30-22(18-10-12-19(28)13-11-18)21(23(32)25(30)33)20(31)14-9-17-7-5-4-6-8-17/h3-14,22,32H,1,15H2,2H3/b14-9+. The molecule has 0 spiro atoms. The molecule has 3 aromatic rings. The molecule has 0 aliphatic carbocycles. The van der Waals surface area contributed by atoms with Gasteiger partial charge in [-0.15, -0.1) is 0 Å². The maximum Gasteiger partial charge on any atom is 0.350 e. The number of benzene rings is 2. The molecule has 2 heterocycles. The molecule has 1 unspecified atom stereocenters. The van der Waals surface area contributed by atoms with Crippen molar-refractivity contribution >= 4 is 56.1 Å². The van der Waals surface area contributed by atoms with E-state index in [4.69, 9.17) is 4.74 Å². The summed E-state index contributed by atoms with van der Waals surface area (Å²) in [5.41, 5.74) is 1.69. The molecule has 0 saturated carbocycles. The average Bonchev–Trinajstić information content (AvgIpc) is 3.39. The fraction of sp³-hybridized carbons (Fsp3) is 0.111. The van der Waals surface area contributed by atoms with Crippen LogP contribution in [0.2, 0.25) is 0 Å². The Hall–Kier alpha value is -3.82. The van der Waals surface area contributed by atoms with Crippen molar-refractivity contribution in [2.45, 2.75) is 13.0 Å². The minimum absolute atomic E-state index is 0.0322. The number of thiazole rings is 1. The van der Waals surface area contributed by atoms with Gasteiger partial charge in [0, 0.05) is 4.47 Å². The maximum absolute atomic E-state index is 13.3. The largest absolute Gasteiger partial charge is 0.503 e. The van der Waals surface area contributed by atoms with E-state index in [0.717, 1.165) is 21.4 Å². The predicted molar refractivity (Wildman–Crippen MR) is 142 cm³/mol. The summed E-state index contributed by atoms with van der Waals surface area (Å²) in [5, 5.41) is 11.0. The fourth-order valence-corrected chi connectivity index (χ4v) is 4.97. The van der Waals surface area contributed by atoms with Gasteiger partial charge in [-0.2, -0.15) is 0 Å². The molecule has 9 heteroatoms. The molecule has 0 radical (unpaired) electrons. The van der Waals surface area contributed by atoms with Crippen molar-refractivity contribution in [1.29, 1.82) is 0 Å². The number of aromatic nitrogens is 1. The highest BCUT2D eigenvalue weighted by Gasteiger charge is 2.45. The van der Waals surface area contributed by atoms with Gasteiger partial charge in [0.2, 0.25) is 0 Å². The van der Waals surface area contributed by atoms with Crippen molar-refractivity contribution in [2.24, 2.45) is 0 Å². The van der Waals surface area contributed by atoms with Crippen molar-refractivity contribution in [1.82, 2.24) is 4.98 Å². The van der Waals surface area contributed by atoms with Gasteiger partial charge in [0.1, 0.15) is 11.5 Å². The number of nitrogens with zero attached hydrogens (tertiary/aromatic N) is 2. The molecule has 1 aliphatic rings. The number of carbonyl (C=O) groups excluding carboxylic acids is 3. The van der Waals surface area contributed by atoms with E-state index in [0.29, 0.717) is 11.3 Å². The molecule has 7 nitrogen and oxygen atoms in total. The second-order valence-electron chi connectivity index (χ2n) is 7.80. The molecule has 1 amide bonds. The van der Waals surface area contributed by atoms with Crippen LogP contribution in [0.25, 0.3) is 6.08 Å². The number of hydrogen-bond acceptors (Lipinski definition) is 7. The molecule has 2 aromatic carbocycles. The second-order valence-corrected chi connectivity index (χ2v) is 9.69. The Balaban J connectivity index is 1.76. The topological polar surface area (TPSA) is 96.8 Å². The first-order valence-corrected chi connectivity index (χ1v) is 12.5. The first-order chi connectivity index (χ1) is 17.3. The highest BCUT2D eigenvalue weighted by Crippen LogP contribution is 2.43. The molecule has 1 aromatic heterocycles. The number of aryl methyl sites for hydroxylation is 1. The monoisotopic (exact) mass is 564 g/mol. The maximum atomic E-state index is 13.3. The van der Waals surface area contributed by atoms with Gasteiger partial charge in [0.25, 0.3) is 5.91 Å². The lowest BCUT2D eigenvalue weighted by molar-refractivity contribution is -0.117. The number of aliphatic hydroxyl groups is 1. The Bertz CT molecular complexity index is 1390. The number of hydrogen-bond donors (Lipinski definition) is 1. The number of ketones is 1. The number of halogens is 1. The van der Waals surface area contributed by atoms with Crippen molar-refractivity contribution in [3.8, 4) is 0 Å². The van der Waals surface area contributed by atoms with Gasteiger partial charge < -0.3 is 9.84 Å². The Labute approximate surface area is 220 Å². The minimum atomic E-state index is -0.943. The summed E-state index contributed by atoms with van der Waals surface area (Å²) in [6.45, 7) is 5.19. The molecular weight excluding hydrogens is 544 g/mol. The average molecular weight is 565 g/mol. The molecule has 1 aliphatic heterocycles. The smallest absolute Gasteiger partial charge is 0.350 e. The summed E-state index contributed by atoms with van der Waals surface area (Å²) < 4.78 is 5.93. The fourth-order valence-electron chi connectivity index (χ4n) is 3.72. The quantitative estimate of drug-likeness (QED) is 0.213. The first kappa shape index (κ1) is 25.3. The first-order valence-electron chi connectivity index (χ1n) is 10.9. The zero-order chi connectivity index (χ0) is 25.8. The van der Waals surface area contributed by atoms with E-state index in [1.54, 1.807) is 37.3 Å². The van der Waals surface area contributed by atoms with Gasteiger partial charge in [0.15, 0.2) is 16.7 Å². The van der Waals surface area contributed by atoms with Crippen LogP contribution in [0.15, 0.2) is 89.1 Å². The van der Waals surface area contributed by atoms with Crippen LogP contribution < -0.4 is 4.90 Å². The molecule has 182 valence electrons. The Morgan fingerprint density at radius 3 is 2.56 bits per heavy atom. The van der Waals surface area contributed by atoms with Crippen LogP contribution in [0.3, 0.4) is 0 Å². The number of esters is 1. The third kappa shape index (κ3) is 5.07. The van der Waals surface area contributed by atoms with E-state index in [9.17, 15) is 19.5 Å². The SMILES string of the molecule is C=CCOC(=O)c1sc(N2C(=O)C(O)=C(C(=O)/C=C/c3ccccc3)C2c2ccc(Br)cc2)nc1C. The molecule has 1 N–H and O–H groups in total. The lowest BCUT2D eigenvalue weighted by Crippen LogP contribution is -2.30. The van der Waals surface area contributed by atoms with E-state index in [1.807, 2.05) is 30.3 Å². The molecule has 0 saturated heterocycles.